The molecule has 0 aliphatic rings. The minimum Gasteiger partial charge on any atom is -0.497 e. The summed E-state index contributed by atoms with van der Waals surface area (Å²) >= 11 is 0. The molecule has 0 radical (unpaired) electrons. The van der Waals surface area contributed by atoms with Crippen LogP contribution >= 0.6 is 0 Å². The van der Waals surface area contributed by atoms with Gasteiger partial charge in [0.05, 0.1) is 13.4 Å². The lowest BCUT2D eigenvalue weighted by Gasteiger charge is -2.04. The van der Waals surface area contributed by atoms with Crippen LogP contribution in [-0.2, 0) is 6.42 Å². The summed E-state index contributed by atoms with van der Waals surface area (Å²) in [5.41, 5.74) is 3.38. The average Bonchev–Trinajstić information content (AvgIpc) is 2.46. The second kappa shape index (κ2) is 6.01. The Balaban J connectivity index is 2.17. The number of hydrogen-bond acceptors (Lipinski definition) is 1. The zero-order chi connectivity index (χ0) is 12.8. The molecule has 0 unspecified atom stereocenters. The summed E-state index contributed by atoms with van der Waals surface area (Å²) in [6, 6.07) is 16.0. The van der Waals surface area contributed by atoms with Crippen LogP contribution in [0.2, 0.25) is 0 Å². The van der Waals surface area contributed by atoms with Crippen LogP contribution in [0, 0.1) is 0 Å². The van der Waals surface area contributed by atoms with Crippen molar-refractivity contribution in [1.82, 2.24) is 0 Å². The van der Waals surface area contributed by atoms with Crippen molar-refractivity contribution in [3.05, 3.63) is 66.5 Å². The molecule has 0 heterocycles. The van der Waals surface area contributed by atoms with Gasteiger partial charge in [0.25, 0.3) is 0 Å². The van der Waals surface area contributed by atoms with Crippen LogP contribution in [0.15, 0.2) is 60.9 Å². The number of methoxy groups -OCH3 is 1. The SMILES string of the molecule is COc1ccc(-c2ccc(C/C=C/F)cc2)cc1. The van der Waals surface area contributed by atoms with Gasteiger partial charge in [0.1, 0.15) is 5.75 Å². The second-order valence-electron chi connectivity index (χ2n) is 3.99. The highest BCUT2D eigenvalue weighted by atomic mass is 19.1. The van der Waals surface area contributed by atoms with E-state index in [1.807, 2.05) is 48.5 Å². The van der Waals surface area contributed by atoms with Crippen LogP contribution in [0.3, 0.4) is 0 Å². The molecular formula is C16H15FO. The molecule has 0 saturated heterocycles. The molecule has 18 heavy (non-hydrogen) atoms. The lowest BCUT2D eigenvalue weighted by Crippen LogP contribution is -1.84. The minimum atomic E-state index is 0.581. The van der Waals surface area contributed by atoms with Crippen molar-refractivity contribution in [1.29, 1.82) is 0 Å². The molecular weight excluding hydrogens is 227 g/mol. The first-order valence-corrected chi connectivity index (χ1v) is 5.82. The van der Waals surface area contributed by atoms with E-state index in [4.69, 9.17) is 4.74 Å². The predicted molar refractivity (Wildman–Crippen MR) is 72.4 cm³/mol. The number of halogens is 1. The average molecular weight is 242 g/mol. The summed E-state index contributed by atoms with van der Waals surface area (Å²) in [5, 5.41) is 0. The Morgan fingerprint density at radius 1 is 0.944 bits per heavy atom. The van der Waals surface area contributed by atoms with Gasteiger partial charge in [-0.25, -0.2) is 4.39 Å². The molecule has 2 aromatic carbocycles. The minimum absolute atomic E-state index is 0.581. The quantitative estimate of drug-likeness (QED) is 0.772. The maximum Gasteiger partial charge on any atom is 0.118 e. The molecule has 92 valence electrons. The molecule has 0 fully saturated rings. The molecule has 0 atom stereocenters. The molecule has 2 heteroatoms. The lowest BCUT2D eigenvalue weighted by atomic mass is 10.0. The Labute approximate surface area is 107 Å². The van der Waals surface area contributed by atoms with Gasteiger partial charge in [-0.3, -0.25) is 0 Å². The van der Waals surface area contributed by atoms with E-state index in [0.29, 0.717) is 12.8 Å². The molecule has 0 aliphatic carbocycles. The van der Waals surface area contributed by atoms with Gasteiger partial charge in [0.15, 0.2) is 0 Å². The highest BCUT2D eigenvalue weighted by Crippen LogP contribution is 2.22. The number of hydrogen-bond donors (Lipinski definition) is 0. The molecule has 0 amide bonds. The van der Waals surface area contributed by atoms with Gasteiger partial charge in [-0.15, -0.1) is 0 Å². The van der Waals surface area contributed by atoms with Gasteiger partial charge in [0, 0.05) is 0 Å². The molecule has 2 rings (SSSR count). The summed E-state index contributed by atoms with van der Waals surface area (Å²) in [4.78, 5) is 0. The zero-order valence-corrected chi connectivity index (χ0v) is 10.3. The third kappa shape index (κ3) is 2.98. The largest absolute Gasteiger partial charge is 0.497 e. The summed E-state index contributed by atoms with van der Waals surface area (Å²) in [5.74, 6) is 0.850. The Morgan fingerprint density at radius 2 is 1.50 bits per heavy atom. The molecule has 0 bridgehead atoms. The highest BCUT2D eigenvalue weighted by Gasteiger charge is 1.98. The van der Waals surface area contributed by atoms with Crippen molar-refractivity contribution in [2.45, 2.75) is 6.42 Å². The summed E-state index contributed by atoms with van der Waals surface area (Å²) in [6.45, 7) is 0. The fraction of sp³-hybridized carbons (Fsp3) is 0.125. The smallest absolute Gasteiger partial charge is 0.118 e. The van der Waals surface area contributed by atoms with E-state index >= 15 is 0 Å². The molecule has 1 nitrogen and oxygen atoms in total. The maximum atomic E-state index is 11.9. The fourth-order valence-corrected chi connectivity index (χ4v) is 1.80. The van der Waals surface area contributed by atoms with E-state index in [2.05, 4.69) is 0 Å². The van der Waals surface area contributed by atoms with Crippen molar-refractivity contribution >= 4 is 0 Å². The Kier molecular flexibility index (Phi) is 4.13. The lowest BCUT2D eigenvalue weighted by molar-refractivity contribution is 0.415. The van der Waals surface area contributed by atoms with E-state index in [9.17, 15) is 4.39 Å². The van der Waals surface area contributed by atoms with Crippen molar-refractivity contribution in [2.75, 3.05) is 7.11 Å². The first kappa shape index (κ1) is 12.4. The van der Waals surface area contributed by atoms with Crippen LogP contribution < -0.4 is 4.74 Å². The van der Waals surface area contributed by atoms with Crippen molar-refractivity contribution < 1.29 is 9.13 Å². The highest BCUT2D eigenvalue weighted by molar-refractivity contribution is 5.64. The van der Waals surface area contributed by atoms with Crippen molar-refractivity contribution in [2.24, 2.45) is 0 Å². The fourth-order valence-electron chi connectivity index (χ4n) is 1.80. The Bertz CT molecular complexity index is 512. The van der Waals surface area contributed by atoms with Gasteiger partial charge in [0.2, 0.25) is 0 Å². The van der Waals surface area contributed by atoms with Crippen LogP contribution in [0.5, 0.6) is 5.75 Å². The molecule has 0 aliphatic heterocycles. The molecule has 0 N–H and O–H groups in total. The number of allylic oxidation sites excluding steroid dienone is 1. The number of ether oxygens (including phenoxy) is 1. The standard InChI is InChI=1S/C16H15FO/c1-18-16-10-8-15(9-11-16)14-6-4-13(5-7-14)3-2-12-17/h2,4-12H,3H2,1H3/b12-2+. The summed E-state index contributed by atoms with van der Waals surface area (Å²) in [6.07, 6.45) is 2.71. The van der Waals surface area contributed by atoms with Crippen LogP contribution in [0.25, 0.3) is 11.1 Å². The van der Waals surface area contributed by atoms with Gasteiger partial charge >= 0.3 is 0 Å². The van der Waals surface area contributed by atoms with Crippen LogP contribution in [-0.4, -0.2) is 7.11 Å². The van der Waals surface area contributed by atoms with Gasteiger partial charge in [-0.05, 0) is 35.2 Å². The topological polar surface area (TPSA) is 9.23 Å². The van der Waals surface area contributed by atoms with Crippen LogP contribution in [0.4, 0.5) is 4.39 Å². The third-order valence-corrected chi connectivity index (χ3v) is 2.82. The van der Waals surface area contributed by atoms with Crippen molar-refractivity contribution in [3.8, 4) is 16.9 Å². The monoisotopic (exact) mass is 242 g/mol. The van der Waals surface area contributed by atoms with E-state index in [0.717, 1.165) is 22.4 Å². The summed E-state index contributed by atoms with van der Waals surface area (Å²) in [7, 11) is 1.65. The van der Waals surface area contributed by atoms with E-state index in [1.165, 1.54) is 6.08 Å². The van der Waals surface area contributed by atoms with E-state index in [-0.39, 0.29) is 0 Å². The Hall–Kier alpha value is -2.09. The first-order valence-electron chi connectivity index (χ1n) is 5.82. The van der Waals surface area contributed by atoms with E-state index in [1.54, 1.807) is 7.11 Å². The van der Waals surface area contributed by atoms with Gasteiger partial charge < -0.3 is 4.74 Å². The zero-order valence-electron chi connectivity index (χ0n) is 10.3. The van der Waals surface area contributed by atoms with Crippen LogP contribution in [0.1, 0.15) is 5.56 Å². The maximum absolute atomic E-state index is 11.9. The Morgan fingerprint density at radius 3 is 2.00 bits per heavy atom. The predicted octanol–water partition coefficient (Wildman–Crippen LogP) is 4.39. The first-order chi connectivity index (χ1) is 8.83. The van der Waals surface area contributed by atoms with Gasteiger partial charge in [-0.2, -0.15) is 0 Å². The van der Waals surface area contributed by atoms with Crippen molar-refractivity contribution in [3.63, 3.8) is 0 Å². The molecule has 0 aromatic heterocycles. The molecule has 0 saturated carbocycles. The second-order valence-corrected chi connectivity index (χ2v) is 3.99. The normalized spacial score (nSPS) is 10.8. The number of rotatable bonds is 4. The molecule has 0 spiro atoms. The molecule has 2 aromatic rings. The number of benzene rings is 2. The van der Waals surface area contributed by atoms with E-state index < -0.39 is 0 Å². The van der Waals surface area contributed by atoms with Gasteiger partial charge in [-0.1, -0.05) is 42.5 Å². The third-order valence-electron chi connectivity index (χ3n) is 2.82. The summed E-state index contributed by atoms with van der Waals surface area (Å²) < 4.78 is 17.0.